The first-order chi connectivity index (χ1) is 20.0. The van der Waals surface area contributed by atoms with E-state index in [-0.39, 0.29) is 35.3 Å². The highest BCUT2D eigenvalue weighted by Crippen LogP contribution is 2.41. The molecule has 1 amide bonds. The third kappa shape index (κ3) is 7.65. The largest absolute Gasteiger partial charge is 0.493 e. The summed E-state index contributed by atoms with van der Waals surface area (Å²) in [4.78, 5) is 37.5. The van der Waals surface area contributed by atoms with Crippen LogP contribution in [0.4, 0.5) is 11.4 Å². The molecule has 0 fully saturated rings. The van der Waals surface area contributed by atoms with Gasteiger partial charge >= 0.3 is 5.69 Å². The summed E-state index contributed by atoms with van der Waals surface area (Å²) in [6, 6.07) is 8.14. The predicted octanol–water partition coefficient (Wildman–Crippen LogP) is 4.92. The van der Waals surface area contributed by atoms with Gasteiger partial charge in [0, 0.05) is 23.2 Å². The van der Waals surface area contributed by atoms with E-state index in [0.29, 0.717) is 24.9 Å². The molecule has 0 bridgehead atoms. The predicted molar refractivity (Wildman–Crippen MR) is 159 cm³/mol. The number of nitrogens with zero attached hydrogens (tertiary/aromatic N) is 5. The first-order valence-corrected chi connectivity index (χ1v) is 13.4. The number of carbonyl (C=O) groups is 1. The average Bonchev–Trinajstić information content (AvgIpc) is 2.95. The Balaban J connectivity index is 1.73. The molecule has 0 aliphatic heterocycles. The minimum Gasteiger partial charge on any atom is -0.493 e. The second-order valence-electron chi connectivity index (χ2n) is 8.10. The summed E-state index contributed by atoms with van der Waals surface area (Å²) in [5, 5.41) is 35.9. The van der Waals surface area contributed by atoms with E-state index < -0.39 is 33.7 Å². The molecular weight excluding hydrogens is 735 g/mol. The van der Waals surface area contributed by atoms with Gasteiger partial charge in [0.1, 0.15) is 11.6 Å². The molecule has 1 N–H and O–H groups in total. The normalized spacial score (nSPS) is 10.7. The Morgan fingerprint density at radius 3 is 2.57 bits per heavy atom. The highest BCUT2D eigenvalue weighted by atomic mass is 127. The molecule has 0 aliphatic carbocycles. The fourth-order valence-electron chi connectivity index (χ4n) is 3.43. The van der Waals surface area contributed by atoms with Crippen LogP contribution in [0.15, 0.2) is 39.9 Å². The van der Waals surface area contributed by atoms with Crippen LogP contribution in [0.3, 0.4) is 0 Å². The first kappa shape index (κ1) is 32.1. The molecule has 0 atom stereocenters. The second-order valence-corrected chi connectivity index (χ2v) is 10.1. The number of rotatable bonds is 12. The van der Waals surface area contributed by atoms with Gasteiger partial charge in [0.15, 0.2) is 18.1 Å². The Morgan fingerprint density at radius 2 is 1.95 bits per heavy atom. The molecule has 3 rings (SSSR count). The van der Waals surface area contributed by atoms with E-state index >= 15 is 0 Å². The minimum absolute atomic E-state index is 0.0208. The third-order valence-corrected chi connectivity index (χ3v) is 7.18. The number of aromatic nitrogens is 1. The van der Waals surface area contributed by atoms with Crippen molar-refractivity contribution in [3.63, 3.8) is 0 Å². The van der Waals surface area contributed by atoms with Gasteiger partial charge in [-0.2, -0.15) is 10.4 Å². The van der Waals surface area contributed by atoms with Crippen molar-refractivity contribution in [2.45, 2.75) is 13.5 Å². The number of methoxy groups -OCH3 is 2. The minimum atomic E-state index is -0.789. The van der Waals surface area contributed by atoms with Crippen molar-refractivity contribution in [1.29, 1.82) is 5.26 Å². The van der Waals surface area contributed by atoms with Crippen molar-refractivity contribution in [3.8, 4) is 29.2 Å². The number of benzene rings is 2. The van der Waals surface area contributed by atoms with Gasteiger partial charge in [0.2, 0.25) is 11.6 Å². The van der Waals surface area contributed by atoms with Crippen LogP contribution in [0.2, 0.25) is 0 Å². The van der Waals surface area contributed by atoms with E-state index in [0.717, 1.165) is 18.2 Å². The fraction of sp³-hybridized carbons (Fsp3) is 0.200. The van der Waals surface area contributed by atoms with Crippen molar-refractivity contribution in [1.82, 2.24) is 10.4 Å². The number of nitrogens with one attached hydrogen (secondary N) is 1. The molecule has 0 saturated heterocycles. The SMILES string of the molecule is COCc1c(Br)c(C)nc(OCC(=O)NN=Cc2cc(I)c(Oc3ccc([N+](=O)[O-])cc3[N+](=O)[O-])c(OC)c2)c1C#N. The van der Waals surface area contributed by atoms with Gasteiger partial charge in [-0.3, -0.25) is 25.0 Å². The van der Waals surface area contributed by atoms with Crippen molar-refractivity contribution < 1.29 is 33.6 Å². The summed E-state index contributed by atoms with van der Waals surface area (Å²) >= 11 is 5.30. The Hall–Kier alpha value is -4.41. The summed E-state index contributed by atoms with van der Waals surface area (Å²) in [6.45, 7) is 1.37. The Bertz CT molecular complexity index is 1630. The van der Waals surface area contributed by atoms with Crippen LogP contribution in [-0.2, 0) is 16.1 Å². The topological polar surface area (TPSA) is 201 Å². The fourth-order valence-corrected chi connectivity index (χ4v) is 4.57. The van der Waals surface area contributed by atoms with Crippen molar-refractivity contribution in [2.75, 3.05) is 20.8 Å². The maximum absolute atomic E-state index is 12.3. The number of hydrazone groups is 1. The molecule has 1 aromatic heterocycles. The molecule has 2 aromatic carbocycles. The van der Waals surface area contributed by atoms with Gasteiger partial charge in [0.25, 0.3) is 11.6 Å². The molecule has 42 heavy (non-hydrogen) atoms. The molecule has 0 saturated carbocycles. The molecule has 0 radical (unpaired) electrons. The number of carbonyl (C=O) groups excluding carboxylic acids is 1. The van der Waals surface area contributed by atoms with E-state index in [1.54, 1.807) is 13.0 Å². The Labute approximate surface area is 260 Å². The maximum atomic E-state index is 12.3. The lowest BCUT2D eigenvalue weighted by molar-refractivity contribution is -0.394. The lowest BCUT2D eigenvalue weighted by atomic mass is 10.1. The molecular formula is C25H20BrIN6O9. The Morgan fingerprint density at radius 1 is 1.21 bits per heavy atom. The number of hydrogen-bond donors (Lipinski definition) is 1. The third-order valence-electron chi connectivity index (χ3n) is 5.32. The molecule has 17 heteroatoms. The summed E-state index contributed by atoms with van der Waals surface area (Å²) in [5.74, 6) is -0.563. The highest BCUT2D eigenvalue weighted by molar-refractivity contribution is 14.1. The van der Waals surface area contributed by atoms with Crippen molar-refractivity contribution in [2.24, 2.45) is 5.10 Å². The van der Waals surface area contributed by atoms with E-state index in [1.807, 2.05) is 28.7 Å². The van der Waals surface area contributed by atoms with Crippen LogP contribution in [0.5, 0.6) is 23.1 Å². The van der Waals surface area contributed by atoms with Crippen molar-refractivity contribution in [3.05, 3.63) is 81.0 Å². The van der Waals surface area contributed by atoms with Gasteiger partial charge in [-0.05, 0) is 69.2 Å². The second kappa shape index (κ2) is 14.5. The van der Waals surface area contributed by atoms with Crippen LogP contribution in [0.1, 0.15) is 22.4 Å². The number of pyridine rings is 1. The average molecular weight is 755 g/mol. The number of non-ortho nitro benzene ring substituents is 1. The van der Waals surface area contributed by atoms with Crippen LogP contribution in [-0.4, -0.2) is 47.8 Å². The highest BCUT2D eigenvalue weighted by Gasteiger charge is 2.23. The van der Waals surface area contributed by atoms with Gasteiger partial charge < -0.3 is 18.9 Å². The number of nitro groups is 2. The van der Waals surface area contributed by atoms with E-state index in [1.165, 1.54) is 26.5 Å². The van der Waals surface area contributed by atoms with Crippen LogP contribution in [0.25, 0.3) is 0 Å². The lowest BCUT2D eigenvalue weighted by Gasteiger charge is -2.13. The monoisotopic (exact) mass is 754 g/mol. The van der Waals surface area contributed by atoms with Gasteiger partial charge in [-0.15, -0.1) is 0 Å². The summed E-state index contributed by atoms with van der Waals surface area (Å²) < 4.78 is 22.8. The summed E-state index contributed by atoms with van der Waals surface area (Å²) in [5.41, 5.74) is 2.95. The zero-order chi connectivity index (χ0) is 31.0. The summed E-state index contributed by atoms with van der Waals surface area (Å²) in [7, 11) is 2.84. The number of hydrogen-bond acceptors (Lipinski definition) is 12. The number of amides is 1. The zero-order valence-corrected chi connectivity index (χ0v) is 25.8. The number of ether oxygens (including phenoxy) is 4. The molecule has 3 aromatic rings. The quantitative estimate of drug-likeness (QED) is 0.114. The maximum Gasteiger partial charge on any atom is 0.318 e. The zero-order valence-electron chi connectivity index (χ0n) is 22.0. The van der Waals surface area contributed by atoms with Gasteiger partial charge in [0.05, 0.1) is 45.1 Å². The number of nitro benzene ring substituents is 2. The Kier molecular flexibility index (Phi) is 11.1. The molecule has 15 nitrogen and oxygen atoms in total. The molecule has 218 valence electrons. The van der Waals surface area contributed by atoms with E-state index in [9.17, 15) is 30.3 Å². The molecule has 0 spiro atoms. The van der Waals surface area contributed by atoms with E-state index in [4.69, 9.17) is 18.9 Å². The van der Waals surface area contributed by atoms with Crippen LogP contribution in [0, 0.1) is 42.1 Å². The van der Waals surface area contributed by atoms with Crippen LogP contribution < -0.4 is 19.6 Å². The number of aryl methyl sites for hydroxylation is 1. The number of halogens is 2. The number of nitriles is 1. The standard InChI is InChI=1S/C25H20BrIN6O9/c1-13-23(26)17(11-39-2)16(9-28)25(30-13)41-12-22(34)31-29-10-14-6-18(27)24(21(7-14)40-3)42-20-5-4-15(32(35)36)8-19(20)33(37)38/h4-8,10H,11-12H2,1-3H3,(H,31,34). The van der Waals surface area contributed by atoms with Gasteiger partial charge in [-0.25, -0.2) is 10.4 Å². The molecule has 0 aliphatic rings. The van der Waals surface area contributed by atoms with E-state index in [2.05, 4.69) is 31.4 Å². The van der Waals surface area contributed by atoms with Gasteiger partial charge in [-0.1, -0.05) is 0 Å². The van der Waals surface area contributed by atoms with Crippen LogP contribution >= 0.6 is 38.5 Å². The lowest BCUT2D eigenvalue weighted by Crippen LogP contribution is -2.25. The van der Waals surface area contributed by atoms with Crippen molar-refractivity contribution >= 4 is 62.0 Å². The molecule has 0 unspecified atom stereocenters. The summed E-state index contributed by atoms with van der Waals surface area (Å²) in [6.07, 6.45) is 1.32. The molecule has 1 heterocycles. The smallest absolute Gasteiger partial charge is 0.318 e. The first-order valence-electron chi connectivity index (χ1n) is 11.5.